The SMILES string of the molecule is COc1cccc([C@@]2(C)NC(=O)N(NC(=S)Nc3ccc(Cl)cc3)C2=O)c1. The topological polar surface area (TPSA) is 82.7 Å². The second kappa shape index (κ2) is 7.42. The lowest BCUT2D eigenvalue weighted by atomic mass is 9.92. The zero-order valence-electron chi connectivity index (χ0n) is 14.6. The van der Waals surface area contributed by atoms with E-state index in [0.717, 1.165) is 5.01 Å². The maximum Gasteiger partial charge on any atom is 0.344 e. The van der Waals surface area contributed by atoms with E-state index in [2.05, 4.69) is 16.1 Å². The van der Waals surface area contributed by atoms with Crippen molar-refractivity contribution in [3.05, 3.63) is 59.1 Å². The number of methoxy groups -OCH3 is 1. The van der Waals surface area contributed by atoms with Gasteiger partial charge in [-0.2, -0.15) is 5.01 Å². The third-order valence-electron chi connectivity index (χ3n) is 4.15. The lowest BCUT2D eigenvalue weighted by Crippen LogP contribution is -2.49. The molecule has 0 spiro atoms. The minimum atomic E-state index is -1.24. The Labute approximate surface area is 166 Å². The number of carbonyl (C=O) groups is 2. The maximum atomic E-state index is 12.9. The number of ether oxygens (including phenoxy) is 1. The molecule has 2 aromatic carbocycles. The van der Waals surface area contributed by atoms with Crippen molar-refractivity contribution >= 4 is 46.6 Å². The average Bonchev–Trinajstić information content (AvgIpc) is 2.88. The number of hydrazine groups is 1. The van der Waals surface area contributed by atoms with E-state index in [1.807, 2.05) is 0 Å². The van der Waals surface area contributed by atoms with Crippen LogP contribution in [0.5, 0.6) is 5.75 Å². The molecular formula is C18H17ClN4O3S. The molecule has 0 radical (unpaired) electrons. The molecule has 0 unspecified atom stereocenters. The molecule has 0 saturated carbocycles. The van der Waals surface area contributed by atoms with Gasteiger partial charge < -0.3 is 15.4 Å². The summed E-state index contributed by atoms with van der Waals surface area (Å²) < 4.78 is 5.19. The minimum Gasteiger partial charge on any atom is -0.497 e. The van der Waals surface area contributed by atoms with Crippen LogP contribution in [0.25, 0.3) is 0 Å². The fourth-order valence-corrected chi connectivity index (χ4v) is 3.00. The molecule has 1 atom stereocenters. The Kier molecular flexibility index (Phi) is 5.20. The number of hydrogen-bond donors (Lipinski definition) is 3. The largest absolute Gasteiger partial charge is 0.497 e. The number of rotatable bonds is 4. The first-order chi connectivity index (χ1) is 12.8. The van der Waals surface area contributed by atoms with Crippen LogP contribution in [0.2, 0.25) is 5.02 Å². The van der Waals surface area contributed by atoms with Crippen molar-refractivity contribution in [2.45, 2.75) is 12.5 Å². The molecule has 0 bridgehead atoms. The number of thiocarbonyl (C=S) groups is 1. The van der Waals surface area contributed by atoms with Crippen molar-refractivity contribution in [1.29, 1.82) is 0 Å². The lowest BCUT2D eigenvalue weighted by Gasteiger charge is -2.23. The number of nitrogens with zero attached hydrogens (tertiary/aromatic N) is 1. The number of imide groups is 1. The van der Waals surface area contributed by atoms with E-state index in [1.165, 1.54) is 7.11 Å². The summed E-state index contributed by atoms with van der Waals surface area (Å²) in [7, 11) is 1.53. The van der Waals surface area contributed by atoms with Crippen molar-refractivity contribution in [3.8, 4) is 5.75 Å². The van der Waals surface area contributed by atoms with Crippen LogP contribution < -0.4 is 20.8 Å². The van der Waals surface area contributed by atoms with Gasteiger partial charge >= 0.3 is 6.03 Å². The fraction of sp³-hybridized carbons (Fsp3) is 0.167. The van der Waals surface area contributed by atoms with E-state index in [4.69, 9.17) is 28.6 Å². The van der Waals surface area contributed by atoms with Crippen LogP contribution in [0.3, 0.4) is 0 Å². The number of nitrogens with one attached hydrogen (secondary N) is 3. The van der Waals surface area contributed by atoms with Gasteiger partial charge in [0, 0.05) is 10.7 Å². The fourth-order valence-electron chi connectivity index (χ4n) is 2.66. The molecule has 3 rings (SSSR count). The Morgan fingerprint density at radius 1 is 1.22 bits per heavy atom. The molecule has 1 saturated heterocycles. The van der Waals surface area contributed by atoms with Crippen molar-refractivity contribution in [3.63, 3.8) is 0 Å². The van der Waals surface area contributed by atoms with Crippen LogP contribution in [0, 0.1) is 0 Å². The molecule has 3 N–H and O–H groups in total. The van der Waals surface area contributed by atoms with Gasteiger partial charge in [-0.05, 0) is 61.1 Å². The first-order valence-electron chi connectivity index (χ1n) is 7.98. The van der Waals surface area contributed by atoms with Crippen LogP contribution in [0.1, 0.15) is 12.5 Å². The van der Waals surface area contributed by atoms with Gasteiger partial charge in [-0.3, -0.25) is 10.2 Å². The standard InChI is InChI=1S/C18H17ClN4O3S/c1-18(11-4-3-5-14(10-11)26-2)15(24)23(17(25)21-18)22-16(27)20-13-8-6-12(19)7-9-13/h3-10H,1-2H3,(H,21,25)(H2,20,22,27)/t18-/m1/s1. The Hall–Kier alpha value is -2.84. The molecule has 1 heterocycles. The highest BCUT2D eigenvalue weighted by atomic mass is 35.5. The van der Waals surface area contributed by atoms with E-state index in [1.54, 1.807) is 55.5 Å². The van der Waals surface area contributed by atoms with E-state index in [0.29, 0.717) is 22.0 Å². The van der Waals surface area contributed by atoms with Gasteiger partial charge in [0.15, 0.2) is 5.11 Å². The summed E-state index contributed by atoms with van der Waals surface area (Å²) in [6.07, 6.45) is 0. The Morgan fingerprint density at radius 2 is 1.93 bits per heavy atom. The molecule has 2 aromatic rings. The molecule has 3 amide bonds. The Bertz CT molecular complexity index is 906. The second-order valence-corrected chi connectivity index (χ2v) is 6.85. The third kappa shape index (κ3) is 3.81. The summed E-state index contributed by atoms with van der Waals surface area (Å²) in [4.78, 5) is 25.3. The van der Waals surface area contributed by atoms with Crippen LogP contribution >= 0.6 is 23.8 Å². The predicted molar refractivity (Wildman–Crippen MR) is 107 cm³/mol. The number of carbonyl (C=O) groups excluding carboxylic acids is 2. The van der Waals surface area contributed by atoms with Crippen LogP contribution in [-0.2, 0) is 10.3 Å². The number of benzene rings is 2. The van der Waals surface area contributed by atoms with Crippen molar-refractivity contribution in [2.75, 3.05) is 12.4 Å². The molecule has 0 aliphatic carbocycles. The summed E-state index contributed by atoms with van der Waals surface area (Å²) in [6.45, 7) is 1.62. The Morgan fingerprint density at radius 3 is 2.59 bits per heavy atom. The first kappa shape index (κ1) is 18.9. The van der Waals surface area contributed by atoms with E-state index < -0.39 is 17.5 Å². The maximum absolute atomic E-state index is 12.9. The van der Waals surface area contributed by atoms with E-state index in [-0.39, 0.29) is 5.11 Å². The lowest BCUT2D eigenvalue weighted by molar-refractivity contribution is -0.132. The zero-order valence-corrected chi connectivity index (χ0v) is 16.1. The molecule has 27 heavy (non-hydrogen) atoms. The van der Waals surface area contributed by atoms with Gasteiger partial charge in [-0.25, -0.2) is 4.79 Å². The number of halogens is 1. The quantitative estimate of drug-likeness (QED) is 0.536. The summed E-state index contributed by atoms with van der Waals surface area (Å²) in [5, 5.41) is 7.11. The van der Waals surface area contributed by atoms with Crippen LogP contribution in [0.4, 0.5) is 10.5 Å². The van der Waals surface area contributed by atoms with Gasteiger partial charge in [0.25, 0.3) is 5.91 Å². The molecule has 1 aliphatic heterocycles. The monoisotopic (exact) mass is 404 g/mol. The zero-order chi connectivity index (χ0) is 19.6. The van der Waals surface area contributed by atoms with Crippen molar-refractivity contribution in [1.82, 2.24) is 15.8 Å². The molecule has 7 nitrogen and oxygen atoms in total. The average molecular weight is 405 g/mol. The number of hydrogen-bond acceptors (Lipinski definition) is 4. The highest BCUT2D eigenvalue weighted by Crippen LogP contribution is 2.30. The summed E-state index contributed by atoms with van der Waals surface area (Å²) in [5.41, 5.74) is 2.65. The van der Waals surface area contributed by atoms with E-state index in [9.17, 15) is 9.59 Å². The van der Waals surface area contributed by atoms with Gasteiger partial charge in [0.05, 0.1) is 7.11 Å². The molecule has 1 aliphatic rings. The highest BCUT2D eigenvalue weighted by molar-refractivity contribution is 7.80. The molecule has 0 aromatic heterocycles. The van der Waals surface area contributed by atoms with Gasteiger partial charge in [-0.15, -0.1) is 0 Å². The van der Waals surface area contributed by atoms with Crippen molar-refractivity contribution < 1.29 is 14.3 Å². The third-order valence-corrected chi connectivity index (χ3v) is 4.60. The Balaban J connectivity index is 1.75. The number of anilines is 1. The first-order valence-corrected chi connectivity index (χ1v) is 8.76. The van der Waals surface area contributed by atoms with Gasteiger partial charge in [0.1, 0.15) is 11.3 Å². The predicted octanol–water partition coefficient (Wildman–Crippen LogP) is 3.02. The molecule has 140 valence electrons. The summed E-state index contributed by atoms with van der Waals surface area (Å²) in [5.74, 6) is 0.100. The van der Waals surface area contributed by atoms with E-state index >= 15 is 0 Å². The smallest absolute Gasteiger partial charge is 0.344 e. The van der Waals surface area contributed by atoms with Gasteiger partial charge in [-0.1, -0.05) is 23.7 Å². The van der Waals surface area contributed by atoms with Crippen LogP contribution in [-0.4, -0.2) is 29.2 Å². The van der Waals surface area contributed by atoms with Crippen LogP contribution in [0.15, 0.2) is 48.5 Å². The number of urea groups is 1. The number of amides is 3. The van der Waals surface area contributed by atoms with Gasteiger partial charge in [0.2, 0.25) is 0 Å². The second-order valence-electron chi connectivity index (χ2n) is 6.00. The molecule has 9 heteroatoms. The summed E-state index contributed by atoms with van der Waals surface area (Å²) in [6, 6.07) is 13.2. The summed E-state index contributed by atoms with van der Waals surface area (Å²) >= 11 is 11.0. The molecule has 1 fully saturated rings. The molecular weight excluding hydrogens is 388 g/mol. The minimum absolute atomic E-state index is 0.0933. The highest BCUT2D eigenvalue weighted by Gasteiger charge is 2.50. The van der Waals surface area contributed by atoms with Crippen molar-refractivity contribution in [2.24, 2.45) is 0 Å². The normalized spacial score (nSPS) is 18.9.